The second kappa shape index (κ2) is 4.95. The van der Waals surface area contributed by atoms with Gasteiger partial charge in [-0.2, -0.15) is 0 Å². The summed E-state index contributed by atoms with van der Waals surface area (Å²) in [5.74, 6) is -0.275. The number of carbonyl (C=O) groups excluding carboxylic acids is 1. The summed E-state index contributed by atoms with van der Waals surface area (Å²) in [5.41, 5.74) is 0. The number of hydrogen-bond acceptors (Lipinski definition) is 5. The fourth-order valence-corrected chi connectivity index (χ4v) is 3.13. The van der Waals surface area contributed by atoms with Crippen LogP contribution >= 0.6 is 11.3 Å². The van der Waals surface area contributed by atoms with Gasteiger partial charge >= 0.3 is 0 Å². The third-order valence-corrected chi connectivity index (χ3v) is 4.28. The second-order valence-corrected chi connectivity index (χ2v) is 5.60. The van der Waals surface area contributed by atoms with Gasteiger partial charge in [-0.05, 0) is 12.8 Å². The van der Waals surface area contributed by atoms with Crippen LogP contribution in [0.15, 0.2) is 11.6 Å². The molecule has 18 heavy (non-hydrogen) atoms. The lowest BCUT2D eigenvalue weighted by molar-refractivity contribution is -0.182. The third-order valence-electron chi connectivity index (χ3n) is 3.59. The number of anilines is 1. The van der Waals surface area contributed by atoms with E-state index in [9.17, 15) is 4.79 Å². The van der Waals surface area contributed by atoms with Crippen LogP contribution < -0.4 is 5.32 Å². The molecule has 0 atom stereocenters. The maximum atomic E-state index is 12.0. The minimum Gasteiger partial charge on any atom is -0.348 e. The molecule has 98 valence electrons. The predicted octanol–water partition coefficient (Wildman–Crippen LogP) is 2.01. The Morgan fingerprint density at radius 2 is 2.11 bits per heavy atom. The monoisotopic (exact) mass is 268 g/mol. The van der Waals surface area contributed by atoms with Crippen LogP contribution in [0.2, 0.25) is 0 Å². The topological polar surface area (TPSA) is 60.5 Å². The Balaban J connectivity index is 1.54. The first-order valence-corrected chi connectivity index (χ1v) is 7.14. The van der Waals surface area contributed by atoms with Crippen LogP contribution in [0.25, 0.3) is 0 Å². The maximum Gasteiger partial charge on any atom is 0.229 e. The summed E-state index contributed by atoms with van der Waals surface area (Å²) in [5, 5.41) is 5.39. The molecular weight excluding hydrogens is 252 g/mol. The first kappa shape index (κ1) is 12.1. The zero-order valence-corrected chi connectivity index (χ0v) is 10.9. The molecule has 1 aromatic rings. The Morgan fingerprint density at radius 3 is 2.72 bits per heavy atom. The van der Waals surface area contributed by atoms with Crippen LogP contribution in [0.4, 0.5) is 5.13 Å². The smallest absolute Gasteiger partial charge is 0.229 e. The molecule has 1 aliphatic carbocycles. The minimum atomic E-state index is -0.391. The number of aromatic nitrogens is 1. The number of carbonyl (C=O) groups is 1. The van der Waals surface area contributed by atoms with E-state index in [0.717, 1.165) is 25.7 Å². The van der Waals surface area contributed by atoms with Crippen LogP contribution in [-0.4, -0.2) is 29.9 Å². The zero-order valence-electron chi connectivity index (χ0n) is 10.1. The standard InChI is InChI=1S/C12H16N2O3S/c15-10(14-11-13-5-8-18-11)9-1-3-12(4-2-9)16-6-7-17-12/h5,8-9H,1-4,6-7H2,(H,13,14,15). The average molecular weight is 268 g/mol. The minimum absolute atomic E-state index is 0.0484. The van der Waals surface area contributed by atoms with Gasteiger partial charge in [0.1, 0.15) is 0 Å². The normalized spacial score (nSPS) is 23.3. The molecule has 5 nitrogen and oxygen atoms in total. The summed E-state index contributed by atoms with van der Waals surface area (Å²) in [6.45, 7) is 1.35. The van der Waals surface area contributed by atoms with Gasteiger partial charge in [-0.1, -0.05) is 0 Å². The molecule has 3 rings (SSSR count). The van der Waals surface area contributed by atoms with Gasteiger partial charge in [0.05, 0.1) is 13.2 Å². The van der Waals surface area contributed by atoms with E-state index in [4.69, 9.17) is 9.47 Å². The number of hydrogen-bond donors (Lipinski definition) is 1. The summed E-state index contributed by atoms with van der Waals surface area (Å²) >= 11 is 1.44. The van der Waals surface area contributed by atoms with Crippen molar-refractivity contribution in [1.29, 1.82) is 0 Å². The van der Waals surface area contributed by atoms with Crippen molar-refractivity contribution in [2.45, 2.75) is 31.5 Å². The summed E-state index contributed by atoms with van der Waals surface area (Å²) in [4.78, 5) is 16.1. The maximum absolute atomic E-state index is 12.0. The summed E-state index contributed by atoms with van der Waals surface area (Å²) in [7, 11) is 0. The molecule has 0 radical (unpaired) electrons. The fourth-order valence-electron chi connectivity index (χ4n) is 2.60. The molecule has 1 aromatic heterocycles. The Labute approximate surface area is 110 Å². The van der Waals surface area contributed by atoms with Crippen LogP contribution in [-0.2, 0) is 14.3 Å². The predicted molar refractivity (Wildman–Crippen MR) is 67.3 cm³/mol. The zero-order chi connectivity index (χ0) is 12.4. The van der Waals surface area contributed by atoms with Crippen molar-refractivity contribution in [2.75, 3.05) is 18.5 Å². The van der Waals surface area contributed by atoms with Crippen LogP contribution in [0.1, 0.15) is 25.7 Å². The van der Waals surface area contributed by atoms with E-state index in [1.165, 1.54) is 11.3 Å². The van der Waals surface area contributed by atoms with Crippen LogP contribution in [0.5, 0.6) is 0 Å². The molecule has 1 spiro atoms. The lowest BCUT2D eigenvalue weighted by Crippen LogP contribution is -2.38. The van der Waals surface area contributed by atoms with E-state index >= 15 is 0 Å². The van der Waals surface area contributed by atoms with Crippen molar-refractivity contribution in [3.8, 4) is 0 Å². The molecule has 1 saturated heterocycles. The number of amides is 1. The number of ether oxygens (including phenoxy) is 2. The van der Waals surface area contributed by atoms with Crippen molar-refractivity contribution in [1.82, 2.24) is 4.98 Å². The van der Waals surface area contributed by atoms with E-state index in [1.807, 2.05) is 5.38 Å². The molecule has 2 heterocycles. The molecule has 0 bridgehead atoms. The van der Waals surface area contributed by atoms with Crippen molar-refractivity contribution in [2.24, 2.45) is 5.92 Å². The first-order chi connectivity index (χ1) is 8.77. The van der Waals surface area contributed by atoms with Crippen LogP contribution in [0.3, 0.4) is 0 Å². The highest BCUT2D eigenvalue weighted by molar-refractivity contribution is 7.13. The van der Waals surface area contributed by atoms with E-state index < -0.39 is 5.79 Å². The van der Waals surface area contributed by atoms with Gasteiger partial charge in [-0.3, -0.25) is 4.79 Å². The Kier molecular flexibility index (Phi) is 3.32. The molecule has 6 heteroatoms. The highest BCUT2D eigenvalue weighted by Crippen LogP contribution is 2.38. The summed E-state index contributed by atoms with van der Waals surface area (Å²) in [6.07, 6.45) is 4.94. The van der Waals surface area contributed by atoms with Crippen molar-refractivity contribution in [3.63, 3.8) is 0 Å². The van der Waals surface area contributed by atoms with Gasteiger partial charge in [0.25, 0.3) is 0 Å². The molecule has 1 N–H and O–H groups in total. The first-order valence-electron chi connectivity index (χ1n) is 6.26. The lowest BCUT2D eigenvalue weighted by atomic mass is 9.84. The molecular formula is C12H16N2O3S. The molecule has 1 amide bonds. The van der Waals surface area contributed by atoms with Crippen LogP contribution in [0, 0.1) is 5.92 Å². The van der Waals surface area contributed by atoms with Crippen molar-refractivity contribution < 1.29 is 14.3 Å². The number of nitrogens with one attached hydrogen (secondary N) is 1. The summed E-state index contributed by atoms with van der Waals surface area (Å²) in [6, 6.07) is 0. The number of nitrogens with zero attached hydrogens (tertiary/aromatic N) is 1. The highest BCUT2D eigenvalue weighted by Gasteiger charge is 2.41. The van der Waals surface area contributed by atoms with Gasteiger partial charge < -0.3 is 14.8 Å². The Morgan fingerprint density at radius 1 is 1.39 bits per heavy atom. The highest BCUT2D eigenvalue weighted by atomic mass is 32.1. The molecule has 2 aliphatic rings. The third kappa shape index (κ3) is 2.41. The van der Waals surface area contributed by atoms with Gasteiger partial charge in [-0.15, -0.1) is 11.3 Å². The summed E-state index contributed by atoms with van der Waals surface area (Å²) < 4.78 is 11.3. The SMILES string of the molecule is O=C(Nc1nccs1)C1CCC2(CC1)OCCO2. The largest absolute Gasteiger partial charge is 0.348 e. The molecule has 1 aliphatic heterocycles. The lowest BCUT2D eigenvalue weighted by Gasteiger charge is -2.34. The van der Waals surface area contributed by atoms with E-state index in [-0.39, 0.29) is 11.8 Å². The molecule has 0 unspecified atom stereocenters. The Bertz CT molecular complexity index is 405. The number of rotatable bonds is 2. The van der Waals surface area contributed by atoms with Gasteiger partial charge in [-0.25, -0.2) is 4.98 Å². The average Bonchev–Trinajstić information content (AvgIpc) is 3.03. The van der Waals surface area contributed by atoms with E-state index in [0.29, 0.717) is 18.3 Å². The fraction of sp³-hybridized carbons (Fsp3) is 0.667. The van der Waals surface area contributed by atoms with E-state index in [1.54, 1.807) is 6.20 Å². The Hall–Kier alpha value is -0.980. The molecule has 2 fully saturated rings. The quantitative estimate of drug-likeness (QED) is 0.891. The van der Waals surface area contributed by atoms with E-state index in [2.05, 4.69) is 10.3 Å². The molecule has 1 saturated carbocycles. The number of thiazole rings is 1. The second-order valence-electron chi connectivity index (χ2n) is 4.71. The van der Waals surface area contributed by atoms with Gasteiger partial charge in [0, 0.05) is 30.3 Å². The molecule has 0 aromatic carbocycles. The van der Waals surface area contributed by atoms with Crippen molar-refractivity contribution >= 4 is 22.4 Å². The van der Waals surface area contributed by atoms with Gasteiger partial charge in [0.15, 0.2) is 10.9 Å². The van der Waals surface area contributed by atoms with Crippen molar-refractivity contribution in [3.05, 3.63) is 11.6 Å². The van der Waals surface area contributed by atoms with Gasteiger partial charge in [0.2, 0.25) is 5.91 Å².